The van der Waals surface area contributed by atoms with E-state index >= 15 is 0 Å². The zero-order chi connectivity index (χ0) is 18.6. The van der Waals surface area contributed by atoms with E-state index in [1.165, 1.54) is 16.3 Å². The van der Waals surface area contributed by atoms with Gasteiger partial charge in [0.15, 0.2) is 0 Å². The minimum atomic E-state index is -3.15. The first kappa shape index (κ1) is 19.3. The molecular formula is C21H30N2O2S. The van der Waals surface area contributed by atoms with Gasteiger partial charge in [-0.2, -0.15) is 0 Å². The topological polar surface area (TPSA) is 58.2 Å². The van der Waals surface area contributed by atoms with E-state index in [9.17, 15) is 8.42 Å². The highest BCUT2D eigenvalue weighted by atomic mass is 32.2. The molecule has 0 aromatic heterocycles. The van der Waals surface area contributed by atoms with Crippen molar-refractivity contribution in [3.8, 4) is 0 Å². The Morgan fingerprint density at radius 1 is 1.00 bits per heavy atom. The van der Waals surface area contributed by atoms with Gasteiger partial charge in [-0.3, -0.25) is 0 Å². The molecule has 2 aromatic rings. The molecule has 0 aliphatic heterocycles. The van der Waals surface area contributed by atoms with Crippen molar-refractivity contribution in [2.75, 3.05) is 6.54 Å². The average Bonchev–Trinajstić information content (AvgIpc) is 2.63. The zero-order valence-corrected chi connectivity index (χ0v) is 16.6. The molecule has 0 radical (unpaired) electrons. The maximum absolute atomic E-state index is 12.0. The number of hydrogen-bond donors (Lipinski definition) is 2. The standard InChI is InChI=1S/C21H30N2O2S/c1-16(2)26(24,25)23-20-12-10-17(11-13-20)14-22-15-19-8-5-7-18-6-3-4-9-21(18)19/h3-9,16-17,20,22-23H,10-15H2,1-2H3. The lowest BCUT2D eigenvalue weighted by Gasteiger charge is -2.29. The SMILES string of the molecule is CC(C)S(=O)(=O)NC1CCC(CNCc2cccc3ccccc23)CC1. The van der Waals surface area contributed by atoms with E-state index in [4.69, 9.17) is 0 Å². The Hall–Kier alpha value is -1.43. The molecule has 26 heavy (non-hydrogen) atoms. The fourth-order valence-electron chi connectivity index (χ4n) is 3.71. The molecule has 2 aromatic carbocycles. The number of hydrogen-bond acceptors (Lipinski definition) is 3. The smallest absolute Gasteiger partial charge is 0.214 e. The Morgan fingerprint density at radius 3 is 2.42 bits per heavy atom. The Kier molecular flexibility index (Phi) is 6.33. The first-order chi connectivity index (χ1) is 12.5. The van der Waals surface area contributed by atoms with Crippen LogP contribution in [0.4, 0.5) is 0 Å². The second-order valence-corrected chi connectivity index (χ2v) is 9.97. The quantitative estimate of drug-likeness (QED) is 0.775. The molecule has 0 atom stereocenters. The predicted molar refractivity (Wildman–Crippen MR) is 109 cm³/mol. The van der Waals surface area contributed by atoms with Crippen LogP contribution in [-0.2, 0) is 16.6 Å². The van der Waals surface area contributed by atoms with Crippen molar-refractivity contribution in [2.45, 2.75) is 57.4 Å². The van der Waals surface area contributed by atoms with Gasteiger partial charge in [0.1, 0.15) is 0 Å². The Balaban J connectivity index is 1.46. The third-order valence-electron chi connectivity index (χ3n) is 5.43. The van der Waals surface area contributed by atoms with Crippen LogP contribution in [0.25, 0.3) is 10.8 Å². The molecule has 5 heteroatoms. The van der Waals surface area contributed by atoms with Gasteiger partial charge in [0.2, 0.25) is 10.0 Å². The van der Waals surface area contributed by atoms with E-state index in [2.05, 4.69) is 52.5 Å². The minimum absolute atomic E-state index is 0.108. The highest BCUT2D eigenvalue weighted by molar-refractivity contribution is 7.90. The Morgan fingerprint density at radius 2 is 1.69 bits per heavy atom. The molecule has 2 N–H and O–H groups in total. The van der Waals surface area contributed by atoms with Gasteiger partial charge < -0.3 is 5.32 Å². The van der Waals surface area contributed by atoms with E-state index in [0.717, 1.165) is 38.8 Å². The summed E-state index contributed by atoms with van der Waals surface area (Å²) in [4.78, 5) is 0. The lowest BCUT2D eigenvalue weighted by molar-refractivity contribution is 0.302. The van der Waals surface area contributed by atoms with Gasteiger partial charge in [0.05, 0.1) is 5.25 Å². The second kappa shape index (κ2) is 8.51. The van der Waals surface area contributed by atoms with Crippen LogP contribution in [0, 0.1) is 5.92 Å². The van der Waals surface area contributed by atoms with Crippen LogP contribution in [0.5, 0.6) is 0 Å². The van der Waals surface area contributed by atoms with Crippen molar-refractivity contribution in [2.24, 2.45) is 5.92 Å². The molecule has 142 valence electrons. The molecule has 3 rings (SSSR count). The Bertz CT molecular complexity index is 820. The number of benzene rings is 2. The summed E-state index contributed by atoms with van der Waals surface area (Å²) in [6.45, 7) is 5.32. The molecule has 0 spiro atoms. The van der Waals surface area contributed by atoms with Crippen LogP contribution in [0.1, 0.15) is 45.1 Å². The summed E-state index contributed by atoms with van der Waals surface area (Å²) in [7, 11) is -3.15. The summed E-state index contributed by atoms with van der Waals surface area (Å²) in [6.07, 6.45) is 4.03. The summed E-state index contributed by atoms with van der Waals surface area (Å²) in [6, 6.07) is 15.1. The molecule has 0 heterocycles. The predicted octanol–water partition coefficient (Wildman–Crippen LogP) is 3.82. The minimum Gasteiger partial charge on any atom is -0.312 e. The van der Waals surface area contributed by atoms with Crippen molar-refractivity contribution in [3.63, 3.8) is 0 Å². The van der Waals surface area contributed by atoms with E-state index < -0.39 is 10.0 Å². The maximum Gasteiger partial charge on any atom is 0.214 e. The largest absolute Gasteiger partial charge is 0.312 e. The van der Waals surface area contributed by atoms with Crippen LogP contribution in [-0.4, -0.2) is 26.3 Å². The Labute approximate surface area is 157 Å². The highest BCUT2D eigenvalue weighted by Crippen LogP contribution is 2.25. The summed E-state index contributed by atoms with van der Waals surface area (Å²) >= 11 is 0. The molecule has 0 bridgehead atoms. The van der Waals surface area contributed by atoms with Crippen LogP contribution in [0.3, 0.4) is 0 Å². The van der Waals surface area contributed by atoms with Crippen molar-refractivity contribution < 1.29 is 8.42 Å². The molecule has 1 fully saturated rings. The lowest BCUT2D eigenvalue weighted by atomic mass is 9.86. The fourth-order valence-corrected chi connectivity index (χ4v) is 4.68. The van der Waals surface area contributed by atoms with Crippen molar-refractivity contribution in [1.29, 1.82) is 0 Å². The van der Waals surface area contributed by atoms with E-state index in [0.29, 0.717) is 5.92 Å². The molecule has 4 nitrogen and oxygen atoms in total. The molecule has 0 saturated heterocycles. The monoisotopic (exact) mass is 374 g/mol. The van der Waals surface area contributed by atoms with E-state index in [-0.39, 0.29) is 11.3 Å². The first-order valence-electron chi connectivity index (χ1n) is 9.64. The highest BCUT2D eigenvalue weighted by Gasteiger charge is 2.26. The lowest BCUT2D eigenvalue weighted by Crippen LogP contribution is -2.41. The molecule has 0 unspecified atom stereocenters. The maximum atomic E-state index is 12.0. The van der Waals surface area contributed by atoms with Gasteiger partial charge in [0, 0.05) is 12.6 Å². The molecular weight excluding hydrogens is 344 g/mol. The molecule has 1 aliphatic carbocycles. The molecule has 0 amide bonds. The second-order valence-electron chi connectivity index (χ2n) is 7.70. The van der Waals surface area contributed by atoms with Crippen LogP contribution in [0.2, 0.25) is 0 Å². The average molecular weight is 375 g/mol. The van der Waals surface area contributed by atoms with Gasteiger partial charge >= 0.3 is 0 Å². The van der Waals surface area contributed by atoms with Gasteiger partial charge in [-0.25, -0.2) is 13.1 Å². The van der Waals surface area contributed by atoms with Gasteiger partial charge in [-0.05, 0) is 68.3 Å². The van der Waals surface area contributed by atoms with Gasteiger partial charge in [-0.15, -0.1) is 0 Å². The first-order valence-corrected chi connectivity index (χ1v) is 11.2. The fraction of sp³-hybridized carbons (Fsp3) is 0.524. The zero-order valence-electron chi connectivity index (χ0n) is 15.7. The van der Waals surface area contributed by atoms with Crippen LogP contribution < -0.4 is 10.0 Å². The van der Waals surface area contributed by atoms with Crippen LogP contribution >= 0.6 is 0 Å². The number of nitrogens with one attached hydrogen (secondary N) is 2. The van der Waals surface area contributed by atoms with Crippen molar-refractivity contribution in [1.82, 2.24) is 10.0 Å². The summed E-state index contributed by atoms with van der Waals surface area (Å²) < 4.78 is 26.9. The van der Waals surface area contributed by atoms with E-state index in [1.807, 2.05) is 0 Å². The summed E-state index contributed by atoms with van der Waals surface area (Å²) in [5.41, 5.74) is 1.33. The summed E-state index contributed by atoms with van der Waals surface area (Å²) in [5.74, 6) is 0.629. The third-order valence-corrected chi connectivity index (χ3v) is 7.33. The molecule has 1 saturated carbocycles. The number of rotatable bonds is 7. The third kappa shape index (κ3) is 4.84. The number of fused-ring (bicyclic) bond motifs is 1. The number of sulfonamides is 1. The normalized spacial score (nSPS) is 21.3. The summed E-state index contributed by atoms with van der Waals surface area (Å²) in [5, 5.41) is 5.84. The van der Waals surface area contributed by atoms with E-state index in [1.54, 1.807) is 13.8 Å². The molecule has 1 aliphatic rings. The van der Waals surface area contributed by atoms with Crippen molar-refractivity contribution >= 4 is 20.8 Å². The van der Waals surface area contributed by atoms with Gasteiger partial charge in [-0.1, -0.05) is 42.5 Å². The van der Waals surface area contributed by atoms with Crippen molar-refractivity contribution in [3.05, 3.63) is 48.0 Å². The van der Waals surface area contributed by atoms with Gasteiger partial charge in [0.25, 0.3) is 0 Å². The van der Waals surface area contributed by atoms with Crippen LogP contribution in [0.15, 0.2) is 42.5 Å².